The lowest BCUT2D eigenvalue weighted by molar-refractivity contribution is -0.145. The van der Waals surface area contributed by atoms with Gasteiger partial charge < -0.3 is 19.5 Å². The summed E-state index contributed by atoms with van der Waals surface area (Å²) in [5.41, 5.74) is 0. The summed E-state index contributed by atoms with van der Waals surface area (Å²) in [6.07, 6.45) is 2.99. The third-order valence-corrected chi connectivity index (χ3v) is 3.28. The van der Waals surface area contributed by atoms with Crippen molar-refractivity contribution < 1.29 is 19.4 Å². The Labute approximate surface area is 103 Å². The van der Waals surface area contributed by atoms with Crippen LogP contribution in [0, 0.1) is 0 Å². The minimum absolute atomic E-state index is 0.108. The zero-order valence-electron chi connectivity index (χ0n) is 10.7. The summed E-state index contributed by atoms with van der Waals surface area (Å²) >= 11 is 0. The number of likely N-dealkylation sites (tertiary alicyclic amines) is 1. The number of aliphatic carboxylic acids is 1. The van der Waals surface area contributed by atoms with E-state index in [9.17, 15) is 4.79 Å². The van der Waals surface area contributed by atoms with Crippen molar-refractivity contribution in [3.63, 3.8) is 0 Å². The van der Waals surface area contributed by atoms with Gasteiger partial charge in [-0.3, -0.25) is 0 Å². The molecule has 17 heavy (non-hydrogen) atoms. The lowest BCUT2D eigenvalue weighted by atomic mass is 10.0. The number of carboxylic acids is 1. The van der Waals surface area contributed by atoms with Crippen LogP contribution in [0.1, 0.15) is 26.2 Å². The third-order valence-electron chi connectivity index (χ3n) is 3.28. The van der Waals surface area contributed by atoms with Crippen LogP contribution in [0.5, 0.6) is 0 Å². The van der Waals surface area contributed by atoms with Crippen molar-refractivity contribution in [2.75, 3.05) is 33.4 Å². The predicted molar refractivity (Wildman–Crippen MR) is 64.1 cm³/mol. The Morgan fingerprint density at radius 3 is 2.65 bits per heavy atom. The molecule has 1 saturated heterocycles. The van der Waals surface area contributed by atoms with E-state index in [-0.39, 0.29) is 12.7 Å². The van der Waals surface area contributed by atoms with Crippen LogP contribution in [0.2, 0.25) is 0 Å². The van der Waals surface area contributed by atoms with Crippen LogP contribution in [0.25, 0.3) is 0 Å². The van der Waals surface area contributed by atoms with Gasteiger partial charge in [0.2, 0.25) is 0 Å². The van der Waals surface area contributed by atoms with Crippen molar-refractivity contribution >= 4 is 5.97 Å². The number of hydrogen-bond donors (Lipinski definition) is 1. The van der Waals surface area contributed by atoms with Crippen LogP contribution in [-0.4, -0.2) is 61.5 Å². The number of nitrogens with zero attached hydrogens (tertiary/aromatic N) is 1. The molecule has 5 heteroatoms. The zero-order valence-corrected chi connectivity index (χ0v) is 10.7. The van der Waals surface area contributed by atoms with E-state index in [0.717, 1.165) is 39.0 Å². The highest BCUT2D eigenvalue weighted by atomic mass is 16.5. The molecule has 1 aliphatic heterocycles. The second-order valence-corrected chi connectivity index (χ2v) is 4.57. The largest absolute Gasteiger partial charge is 0.480 e. The van der Waals surface area contributed by atoms with Gasteiger partial charge >= 0.3 is 5.97 Å². The molecule has 1 rings (SSSR count). The fourth-order valence-electron chi connectivity index (χ4n) is 2.14. The summed E-state index contributed by atoms with van der Waals surface area (Å²) < 4.78 is 10.4. The van der Waals surface area contributed by atoms with Gasteiger partial charge in [0.1, 0.15) is 6.61 Å². The molecule has 5 nitrogen and oxygen atoms in total. The molecule has 100 valence electrons. The number of carboxylic acid groups (broad SMARTS) is 1. The van der Waals surface area contributed by atoms with Crippen LogP contribution in [0.4, 0.5) is 0 Å². The Balaban J connectivity index is 2.18. The molecule has 0 amide bonds. The lowest BCUT2D eigenvalue weighted by Gasteiger charge is -2.35. The van der Waals surface area contributed by atoms with Gasteiger partial charge in [0.05, 0.1) is 6.10 Å². The van der Waals surface area contributed by atoms with Crippen LogP contribution in [0.15, 0.2) is 0 Å². The minimum Gasteiger partial charge on any atom is -0.480 e. The molecule has 1 fully saturated rings. The molecule has 1 N–H and O–H groups in total. The number of piperidine rings is 1. The van der Waals surface area contributed by atoms with Gasteiger partial charge in [0.25, 0.3) is 0 Å². The molecule has 0 aromatic carbocycles. The van der Waals surface area contributed by atoms with Crippen molar-refractivity contribution in [2.24, 2.45) is 0 Å². The minimum atomic E-state index is -0.888. The van der Waals surface area contributed by atoms with E-state index < -0.39 is 5.97 Å². The Hall–Kier alpha value is -0.650. The summed E-state index contributed by atoms with van der Waals surface area (Å²) in [4.78, 5) is 12.8. The zero-order chi connectivity index (χ0) is 12.7. The van der Waals surface area contributed by atoms with Crippen LogP contribution in [0.3, 0.4) is 0 Å². The van der Waals surface area contributed by atoms with Crippen LogP contribution < -0.4 is 0 Å². The maximum absolute atomic E-state index is 10.4. The van der Waals surface area contributed by atoms with Crippen molar-refractivity contribution in [2.45, 2.75) is 38.3 Å². The number of rotatable bonds is 7. The molecule has 1 atom stereocenters. The van der Waals surface area contributed by atoms with Crippen LogP contribution in [-0.2, 0) is 14.3 Å². The van der Waals surface area contributed by atoms with Crippen molar-refractivity contribution in [3.05, 3.63) is 0 Å². The van der Waals surface area contributed by atoms with Crippen molar-refractivity contribution in [1.29, 1.82) is 0 Å². The van der Waals surface area contributed by atoms with Gasteiger partial charge in [-0.2, -0.15) is 0 Å². The monoisotopic (exact) mass is 245 g/mol. The SMILES string of the molecule is COCCC(C)N1CCC(OCC(=O)O)CC1. The molecule has 1 heterocycles. The first-order valence-electron chi connectivity index (χ1n) is 6.20. The van der Waals surface area contributed by atoms with E-state index in [1.807, 2.05) is 0 Å². The standard InChI is InChI=1S/C12H23NO4/c1-10(5-8-16-2)13-6-3-11(4-7-13)17-9-12(14)15/h10-11H,3-9H2,1-2H3,(H,14,15). The molecule has 0 saturated carbocycles. The molecular weight excluding hydrogens is 222 g/mol. The average molecular weight is 245 g/mol. The summed E-state index contributed by atoms with van der Waals surface area (Å²) in [6, 6.07) is 0.523. The Morgan fingerprint density at radius 2 is 2.12 bits per heavy atom. The summed E-state index contributed by atoms with van der Waals surface area (Å²) in [7, 11) is 1.72. The van der Waals surface area contributed by atoms with E-state index in [1.165, 1.54) is 0 Å². The van der Waals surface area contributed by atoms with E-state index in [2.05, 4.69) is 11.8 Å². The quantitative estimate of drug-likeness (QED) is 0.724. The highest BCUT2D eigenvalue weighted by Crippen LogP contribution is 2.17. The van der Waals surface area contributed by atoms with Gasteiger partial charge in [-0.25, -0.2) is 4.79 Å². The second-order valence-electron chi connectivity index (χ2n) is 4.57. The molecular formula is C12H23NO4. The second kappa shape index (κ2) is 7.63. The van der Waals surface area contributed by atoms with E-state index in [4.69, 9.17) is 14.6 Å². The third kappa shape index (κ3) is 5.48. The maximum atomic E-state index is 10.4. The molecule has 0 aromatic heterocycles. The smallest absolute Gasteiger partial charge is 0.329 e. The first-order chi connectivity index (χ1) is 8.13. The van der Waals surface area contributed by atoms with Crippen LogP contribution >= 0.6 is 0 Å². The number of hydrogen-bond acceptors (Lipinski definition) is 4. The Bertz CT molecular complexity index is 227. The van der Waals surface area contributed by atoms with E-state index >= 15 is 0 Å². The first kappa shape index (κ1) is 14.4. The first-order valence-corrected chi connectivity index (χ1v) is 6.20. The molecule has 0 radical (unpaired) electrons. The van der Waals surface area contributed by atoms with Gasteiger partial charge in [-0.15, -0.1) is 0 Å². The molecule has 1 unspecified atom stereocenters. The fraction of sp³-hybridized carbons (Fsp3) is 0.917. The highest BCUT2D eigenvalue weighted by Gasteiger charge is 2.23. The average Bonchev–Trinajstić information content (AvgIpc) is 2.34. The van der Waals surface area contributed by atoms with Gasteiger partial charge in [0.15, 0.2) is 0 Å². The Kier molecular flexibility index (Phi) is 6.47. The molecule has 0 aromatic rings. The molecule has 0 aliphatic carbocycles. The molecule has 1 aliphatic rings. The summed E-state index contributed by atoms with van der Waals surface area (Å²) in [5.74, 6) is -0.888. The lowest BCUT2D eigenvalue weighted by Crippen LogP contribution is -2.42. The van der Waals surface area contributed by atoms with E-state index in [1.54, 1.807) is 7.11 Å². The predicted octanol–water partition coefficient (Wildman–Crippen LogP) is 0.977. The fourth-order valence-corrected chi connectivity index (χ4v) is 2.14. The van der Waals surface area contributed by atoms with E-state index in [0.29, 0.717) is 6.04 Å². The Morgan fingerprint density at radius 1 is 1.47 bits per heavy atom. The topological polar surface area (TPSA) is 59.0 Å². The molecule has 0 bridgehead atoms. The van der Waals surface area contributed by atoms with Crippen molar-refractivity contribution in [1.82, 2.24) is 4.90 Å². The maximum Gasteiger partial charge on any atom is 0.329 e. The normalized spacial score (nSPS) is 20.4. The van der Waals surface area contributed by atoms with Gasteiger partial charge in [0, 0.05) is 32.8 Å². The number of methoxy groups -OCH3 is 1. The van der Waals surface area contributed by atoms with Crippen molar-refractivity contribution in [3.8, 4) is 0 Å². The highest BCUT2D eigenvalue weighted by molar-refractivity contribution is 5.68. The number of carbonyl (C=O) groups is 1. The number of ether oxygens (including phenoxy) is 2. The summed E-state index contributed by atoms with van der Waals surface area (Å²) in [6.45, 7) is 4.78. The van der Waals surface area contributed by atoms with Gasteiger partial charge in [-0.05, 0) is 26.2 Å². The molecule has 0 spiro atoms. The van der Waals surface area contributed by atoms with Gasteiger partial charge in [-0.1, -0.05) is 0 Å². The summed E-state index contributed by atoms with van der Waals surface area (Å²) in [5, 5.41) is 8.53.